The van der Waals surface area contributed by atoms with E-state index in [-0.39, 0.29) is 11.7 Å². The van der Waals surface area contributed by atoms with Gasteiger partial charge in [0, 0.05) is 54.6 Å². The normalized spacial score (nSPS) is 19.2. The molecule has 2 aromatic carbocycles. The summed E-state index contributed by atoms with van der Waals surface area (Å²) in [6, 6.07) is 11.8. The molecule has 2 fully saturated rings. The molecule has 0 radical (unpaired) electrons. The minimum absolute atomic E-state index is 0.0797. The Labute approximate surface area is 232 Å². The zero-order valence-electron chi connectivity index (χ0n) is 22.7. The molecule has 4 aromatic rings. The number of rotatable bonds is 6. The number of anilines is 1. The van der Waals surface area contributed by atoms with Crippen molar-refractivity contribution in [2.45, 2.75) is 52.3 Å². The summed E-state index contributed by atoms with van der Waals surface area (Å²) in [6.45, 7) is 10.7. The van der Waals surface area contributed by atoms with Gasteiger partial charge in [-0.05, 0) is 96.4 Å². The summed E-state index contributed by atoms with van der Waals surface area (Å²) in [4.78, 5) is 21.4. The van der Waals surface area contributed by atoms with Gasteiger partial charge in [-0.15, -0.1) is 5.10 Å². The van der Waals surface area contributed by atoms with E-state index in [0.717, 1.165) is 72.8 Å². The second-order valence-corrected chi connectivity index (χ2v) is 11.2. The summed E-state index contributed by atoms with van der Waals surface area (Å²) in [5, 5.41) is 14.6. The van der Waals surface area contributed by atoms with Crippen molar-refractivity contribution in [2.24, 2.45) is 0 Å². The minimum Gasteiger partial charge on any atom is -0.376 e. The van der Waals surface area contributed by atoms with Crippen LogP contribution in [0, 0.1) is 20.8 Å². The fraction of sp³-hybridized carbons (Fsp3) is 0.448. The van der Waals surface area contributed by atoms with Crippen molar-refractivity contribution in [3.8, 4) is 0 Å². The lowest BCUT2D eigenvalue weighted by Crippen LogP contribution is -2.49. The number of aromatic nitrogens is 5. The van der Waals surface area contributed by atoms with Crippen molar-refractivity contribution < 1.29 is 4.74 Å². The van der Waals surface area contributed by atoms with Crippen molar-refractivity contribution in [1.82, 2.24) is 30.1 Å². The summed E-state index contributed by atoms with van der Waals surface area (Å²) in [5.74, 6) is 0.673. The largest absolute Gasteiger partial charge is 0.376 e. The zero-order chi connectivity index (χ0) is 27.1. The molecular weight excluding hydrogens is 514 g/mol. The standard InChI is InChI=1S/C29H34ClN7O2/c1-18-6-7-22(30)16-26(18)35-8-10-36(11-9-35)27(28-32-33-34-37(28)17-23-5-4-12-39-23)24-15-21-13-19(2)20(3)14-25(21)31-29(24)38/h6-7,13-16,23,27H,4-5,8-12,17H2,1-3H3,(H,31,38)/t23-,27-/m1/s1. The molecule has 2 atom stereocenters. The molecule has 2 aromatic heterocycles. The molecule has 10 heteroatoms. The first-order valence-corrected chi connectivity index (χ1v) is 14.0. The highest BCUT2D eigenvalue weighted by atomic mass is 35.5. The highest BCUT2D eigenvalue weighted by molar-refractivity contribution is 6.30. The number of fused-ring (bicyclic) bond motifs is 1. The lowest BCUT2D eigenvalue weighted by atomic mass is 10.00. The second-order valence-electron chi connectivity index (χ2n) is 10.8. The Hall–Kier alpha value is -3.27. The fourth-order valence-electron chi connectivity index (χ4n) is 5.86. The Morgan fingerprint density at radius 2 is 1.85 bits per heavy atom. The highest BCUT2D eigenvalue weighted by Gasteiger charge is 2.34. The van der Waals surface area contributed by atoms with Gasteiger partial charge < -0.3 is 14.6 Å². The lowest BCUT2D eigenvalue weighted by molar-refractivity contribution is 0.0906. The van der Waals surface area contributed by atoms with E-state index in [1.54, 1.807) is 0 Å². The van der Waals surface area contributed by atoms with Crippen LogP contribution >= 0.6 is 11.6 Å². The monoisotopic (exact) mass is 547 g/mol. The zero-order valence-corrected chi connectivity index (χ0v) is 23.4. The van der Waals surface area contributed by atoms with E-state index in [0.29, 0.717) is 17.9 Å². The van der Waals surface area contributed by atoms with Crippen LogP contribution in [0.1, 0.15) is 47.0 Å². The molecule has 39 heavy (non-hydrogen) atoms. The first-order valence-electron chi connectivity index (χ1n) is 13.6. The highest BCUT2D eigenvalue weighted by Crippen LogP contribution is 2.31. The minimum atomic E-state index is -0.390. The molecule has 0 saturated carbocycles. The topological polar surface area (TPSA) is 92.2 Å². The van der Waals surface area contributed by atoms with E-state index in [2.05, 4.69) is 63.2 Å². The predicted molar refractivity (Wildman–Crippen MR) is 153 cm³/mol. The molecule has 0 bridgehead atoms. The van der Waals surface area contributed by atoms with Gasteiger partial charge in [-0.3, -0.25) is 9.69 Å². The molecule has 2 aliphatic rings. The number of nitrogens with one attached hydrogen (secondary N) is 1. The third-order valence-electron chi connectivity index (χ3n) is 8.18. The molecule has 0 aliphatic carbocycles. The van der Waals surface area contributed by atoms with Gasteiger partial charge in [0.15, 0.2) is 5.82 Å². The molecule has 204 valence electrons. The quantitative estimate of drug-likeness (QED) is 0.387. The van der Waals surface area contributed by atoms with Crippen LogP contribution in [0.2, 0.25) is 5.02 Å². The summed E-state index contributed by atoms with van der Waals surface area (Å²) < 4.78 is 7.72. The molecule has 1 N–H and O–H groups in total. The summed E-state index contributed by atoms with van der Waals surface area (Å²) >= 11 is 6.33. The van der Waals surface area contributed by atoms with Gasteiger partial charge in [0.2, 0.25) is 0 Å². The van der Waals surface area contributed by atoms with Crippen LogP contribution in [0.15, 0.2) is 41.2 Å². The maximum atomic E-state index is 13.6. The molecule has 4 heterocycles. The average molecular weight is 548 g/mol. The van der Waals surface area contributed by atoms with Gasteiger partial charge in [0.25, 0.3) is 5.56 Å². The number of piperazine rings is 1. The predicted octanol–water partition coefficient (Wildman–Crippen LogP) is 4.18. The van der Waals surface area contributed by atoms with E-state index in [1.807, 2.05) is 28.9 Å². The van der Waals surface area contributed by atoms with Gasteiger partial charge in [-0.1, -0.05) is 17.7 Å². The van der Waals surface area contributed by atoms with Crippen LogP contribution in [0.3, 0.4) is 0 Å². The second kappa shape index (κ2) is 10.7. The molecule has 0 unspecified atom stereocenters. The number of tetrazole rings is 1. The lowest BCUT2D eigenvalue weighted by Gasteiger charge is -2.40. The average Bonchev–Trinajstić information content (AvgIpc) is 3.61. The van der Waals surface area contributed by atoms with E-state index in [4.69, 9.17) is 16.3 Å². The molecule has 2 aliphatic heterocycles. The Morgan fingerprint density at radius 3 is 2.62 bits per heavy atom. The van der Waals surface area contributed by atoms with Crippen LogP contribution in [-0.4, -0.2) is 69.0 Å². The van der Waals surface area contributed by atoms with Gasteiger partial charge in [0.1, 0.15) is 6.04 Å². The number of pyridine rings is 1. The Bertz CT molecular complexity index is 1550. The van der Waals surface area contributed by atoms with Crippen LogP contribution < -0.4 is 10.5 Å². The van der Waals surface area contributed by atoms with Crippen LogP contribution in [0.25, 0.3) is 10.9 Å². The first-order chi connectivity index (χ1) is 18.9. The number of halogens is 1. The number of benzene rings is 2. The SMILES string of the molecule is Cc1cc2cc([C@H](c3nnnn3C[C@H]3CCCO3)N3CCN(c4cc(Cl)ccc4C)CC3)c(=O)[nH]c2cc1C. The molecule has 0 spiro atoms. The van der Waals surface area contributed by atoms with E-state index < -0.39 is 6.04 Å². The molecule has 0 amide bonds. The number of nitrogens with zero attached hydrogens (tertiary/aromatic N) is 6. The van der Waals surface area contributed by atoms with Gasteiger partial charge in [0.05, 0.1) is 12.6 Å². The van der Waals surface area contributed by atoms with Gasteiger partial charge in [-0.25, -0.2) is 4.68 Å². The molecule has 2 saturated heterocycles. The summed E-state index contributed by atoms with van der Waals surface area (Å²) in [7, 11) is 0. The third-order valence-corrected chi connectivity index (χ3v) is 8.41. The van der Waals surface area contributed by atoms with Crippen LogP contribution in [0.5, 0.6) is 0 Å². The molecule has 9 nitrogen and oxygen atoms in total. The van der Waals surface area contributed by atoms with Crippen molar-refractivity contribution in [1.29, 1.82) is 0 Å². The fourth-order valence-corrected chi connectivity index (χ4v) is 6.03. The third kappa shape index (κ3) is 5.18. The Balaban J connectivity index is 1.38. The first kappa shape index (κ1) is 26.0. The summed E-state index contributed by atoms with van der Waals surface area (Å²) in [6.07, 6.45) is 2.10. The Kier molecular flexibility index (Phi) is 7.14. The van der Waals surface area contributed by atoms with Crippen LogP contribution in [-0.2, 0) is 11.3 Å². The molecule has 6 rings (SSSR count). The van der Waals surface area contributed by atoms with Gasteiger partial charge in [-0.2, -0.15) is 0 Å². The number of aromatic amines is 1. The van der Waals surface area contributed by atoms with Gasteiger partial charge >= 0.3 is 0 Å². The van der Waals surface area contributed by atoms with Crippen LogP contribution in [0.4, 0.5) is 5.69 Å². The number of H-pyrrole nitrogens is 1. The van der Waals surface area contributed by atoms with E-state index in [1.165, 1.54) is 11.1 Å². The maximum absolute atomic E-state index is 13.6. The van der Waals surface area contributed by atoms with Crippen molar-refractivity contribution >= 4 is 28.2 Å². The number of ether oxygens (including phenoxy) is 1. The number of hydrogen-bond donors (Lipinski definition) is 1. The number of aryl methyl sites for hydroxylation is 3. The van der Waals surface area contributed by atoms with Crippen molar-refractivity contribution in [2.75, 3.05) is 37.7 Å². The van der Waals surface area contributed by atoms with Crippen molar-refractivity contribution in [3.63, 3.8) is 0 Å². The maximum Gasteiger partial charge on any atom is 0.253 e. The van der Waals surface area contributed by atoms with E-state index in [9.17, 15) is 4.79 Å². The molecular formula is C29H34ClN7O2. The van der Waals surface area contributed by atoms with Crippen molar-refractivity contribution in [3.05, 3.63) is 79.9 Å². The van der Waals surface area contributed by atoms with E-state index >= 15 is 0 Å². The number of hydrogen-bond acceptors (Lipinski definition) is 7. The summed E-state index contributed by atoms with van der Waals surface area (Å²) in [5.41, 5.74) is 6.06. The smallest absolute Gasteiger partial charge is 0.253 e. The Morgan fingerprint density at radius 1 is 1.05 bits per heavy atom.